The van der Waals surface area contributed by atoms with Crippen LogP contribution >= 0.6 is 0 Å². The number of likely N-dealkylation sites (N-methyl/N-ethyl adjacent to an activating group) is 2. The number of nitrogens with zero attached hydrogens (tertiary/aromatic N) is 4. The molecule has 1 aromatic rings. The number of hydrogen-bond donors (Lipinski definition) is 0. The van der Waals surface area contributed by atoms with Crippen molar-refractivity contribution in [3.8, 4) is 0 Å². The summed E-state index contributed by atoms with van der Waals surface area (Å²) in [7, 11) is 3.68. The van der Waals surface area contributed by atoms with Gasteiger partial charge in [0, 0.05) is 58.1 Å². The average molecular weight is 290 g/mol. The zero-order valence-electron chi connectivity index (χ0n) is 12.7. The van der Waals surface area contributed by atoms with Gasteiger partial charge in [0.05, 0.1) is 0 Å². The third kappa shape index (κ3) is 4.26. The maximum atomic E-state index is 12.2. The molecule has 0 N–H and O–H groups in total. The largest absolute Gasteiger partial charge is 0.337 e. The second kappa shape index (κ2) is 7.17. The van der Waals surface area contributed by atoms with Gasteiger partial charge in [0.25, 0.3) is 0 Å². The summed E-state index contributed by atoms with van der Waals surface area (Å²) in [6.45, 7) is 3.37. The van der Waals surface area contributed by atoms with E-state index in [1.807, 2.05) is 25.2 Å². The predicted octanol–water partition coefficient (Wildman–Crippen LogP) is -0.143. The van der Waals surface area contributed by atoms with Crippen molar-refractivity contribution in [1.29, 1.82) is 0 Å². The maximum Gasteiger partial charge on any atom is 0.312 e. The molecule has 0 unspecified atom stereocenters. The number of hydrogen-bond acceptors (Lipinski definition) is 4. The Bertz CT molecular complexity index is 484. The van der Waals surface area contributed by atoms with Gasteiger partial charge in [-0.25, -0.2) is 0 Å². The molecule has 21 heavy (non-hydrogen) atoms. The van der Waals surface area contributed by atoms with E-state index in [1.54, 1.807) is 18.1 Å². The van der Waals surface area contributed by atoms with E-state index in [1.165, 1.54) is 4.90 Å². The molecule has 6 nitrogen and oxygen atoms in total. The average Bonchev–Trinajstić information content (AvgIpc) is 2.53. The van der Waals surface area contributed by atoms with Crippen LogP contribution in [-0.2, 0) is 16.0 Å². The Morgan fingerprint density at radius 3 is 2.57 bits per heavy atom. The van der Waals surface area contributed by atoms with Crippen molar-refractivity contribution in [3.63, 3.8) is 0 Å². The SMILES string of the molecule is CN1CCN(C(=O)C(=O)N(C)CCc2ccccn2)CC1. The summed E-state index contributed by atoms with van der Waals surface area (Å²) in [5, 5.41) is 0. The minimum Gasteiger partial charge on any atom is -0.337 e. The lowest BCUT2D eigenvalue weighted by Crippen LogP contribution is -2.52. The summed E-state index contributed by atoms with van der Waals surface area (Å²) in [6, 6.07) is 5.69. The topological polar surface area (TPSA) is 56.8 Å². The fourth-order valence-electron chi connectivity index (χ4n) is 2.24. The molecule has 2 rings (SSSR count). The van der Waals surface area contributed by atoms with Crippen molar-refractivity contribution < 1.29 is 9.59 Å². The lowest BCUT2D eigenvalue weighted by molar-refractivity contribution is -0.151. The quantitative estimate of drug-likeness (QED) is 0.727. The molecule has 1 saturated heterocycles. The van der Waals surface area contributed by atoms with E-state index >= 15 is 0 Å². The highest BCUT2D eigenvalue weighted by Gasteiger charge is 2.27. The van der Waals surface area contributed by atoms with Crippen molar-refractivity contribution in [1.82, 2.24) is 19.7 Å². The van der Waals surface area contributed by atoms with Crippen LogP contribution in [0.25, 0.3) is 0 Å². The third-order valence-electron chi connectivity index (χ3n) is 3.75. The normalized spacial score (nSPS) is 15.8. The van der Waals surface area contributed by atoms with Crippen LogP contribution in [0.3, 0.4) is 0 Å². The van der Waals surface area contributed by atoms with Crippen molar-refractivity contribution in [2.24, 2.45) is 0 Å². The molecule has 0 bridgehead atoms. The number of carbonyl (C=O) groups is 2. The van der Waals surface area contributed by atoms with Crippen molar-refractivity contribution >= 4 is 11.8 Å². The van der Waals surface area contributed by atoms with Gasteiger partial charge in [-0.3, -0.25) is 14.6 Å². The van der Waals surface area contributed by atoms with Gasteiger partial charge in [0.2, 0.25) is 0 Å². The number of piperazine rings is 1. The van der Waals surface area contributed by atoms with E-state index in [2.05, 4.69) is 9.88 Å². The highest BCUT2D eigenvalue weighted by molar-refractivity contribution is 6.34. The first-order valence-corrected chi connectivity index (χ1v) is 7.21. The molecule has 1 aromatic heterocycles. The Labute approximate surface area is 125 Å². The van der Waals surface area contributed by atoms with E-state index in [-0.39, 0.29) is 0 Å². The Morgan fingerprint density at radius 1 is 1.24 bits per heavy atom. The Kier molecular flexibility index (Phi) is 5.27. The third-order valence-corrected chi connectivity index (χ3v) is 3.75. The van der Waals surface area contributed by atoms with Gasteiger partial charge in [0.15, 0.2) is 0 Å². The van der Waals surface area contributed by atoms with Crippen LogP contribution in [0.1, 0.15) is 5.69 Å². The molecule has 0 saturated carbocycles. The molecule has 6 heteroatoms. The minimum atomic E-state index is -0.435. The molecule has 0 aromatic carbocycles. The molecule has 114 valence electrons. The van der Waals surface area contributed by atoms with E-state index in [0.717, 1.165) is 18.8 Å². The number of aromatic nitrogens is 1. The van der Waals surface area contributed by atoms with Crippen LogP contribution in [0, 0.1) is 0 Å². The summed E-state index contributed by atoms with van der Waals surface area (Å²) >= 11 is 0. The Hall–Kier alpha value is -1.95. The van der Waals surface area contributed by atoms with E-state index in [9.17, 15) is 9.59 Å². The van der Waals surface area contributed by atoms with Gasteiger partial charge in [-0.2, -0.15) is 0 Å². The molecule has 0 atom stereocenters. The van der Waals surface area contributed by atoms with Gasteiger partial charge in [-0.1, -0.05) is 6.07 Å². The molecule has 1 aliphatic heterocycles. The van der Waals surface area contributed by atoms with Crippen LogP contribution in [0.5, 0.6) is 0 Å². The number of pyridine rings is 1. The highest BCUT2D eigenvalue weighted by Crippen LogP contribution is 2.03. The van der Waals surface area contributed by atoms with Crippen LogP contribution in [-0.4, -0.2) is 78.3 Å². The van der Waals surface area contributed by atoms with Crippen molar-refractivity contribution in [3.05, 3.63) is 30.1 Å². The molecule has 0 aliphatic carbocycles. The lowest BCUT2D eigenvalue weighted by Gasteiger charge is -2.32. The van der Waals surface area contributed by atoms with E-state index < -0.39 is 11.8 Å². The van der Waals surface area contributed by atoms with Gasteiger partial charge in [-0.05, 0) is 19.2 Å². The Morgan fingerprint density at radius 2 is 1.95 bits per heavy atom. The first-order chi connectivity index (χ1) is 10.1. The lowest BCUT2D eigenvalue weighted by atomic mass is 10.2. The first-order valence-electron chi connectivity index (χ1n) is 7.21. The monoisotopic (exact) mass is 290 g/mol. The van der Waals surface area contributed by atoms with Crippen molar-refractivity contribution in [2.45, 2.75) is 6.42 Å². The zero-order valence-corrected chi connectivity index (χ0v) is 12.7. The molecule has 1 aliphatic rings. The summed E-state index contributed by atoms with van der Waals surface area (Å²) in [5.41, 5.74) is 0.921. The van der Waals surface area contributed by atoms with Gasteiger partial charge < -0.3 is 14.7 Å². The number of amides is 2. The fourth-order valence-corrected chi connectivity index (χ4v) is 2.24. The van der Waals surface area contributed by atoms with Gasteiger partial charge >= 0.3 is 11.8 Å². The van der Waals surface area contributed by atoms with E-state index in [4.69, 9.17) is 0 Å². The molecule has 0 radical (unpaired) electrons. The first kappa shape index (κ1) is 15.4. The van der Waals surface area contributed by atoms with Crippen LogP contribution in [0.4, 0.5) is 0 Å². The standard InChI is InChI=1S/C15H22N4O2/c1-17-9-11-19(12-10-17)15(21)14(20)18(2)8-6-13-5-3-4-7-16-13/h3-5,7H,6,8-12H2,1-2H3. The Balaban J connectivity index is 1.82. The number of rotatable bonds is 3. The molecular weight excluding hydrogens is 268 g/mol. The summed E-state index contributed by atoms with van der Waals surface area (Å²) < 4.78 is 0. The zero-order chi connectivity index (χ0) is 15.2. The second-order valence-electron chi connectivity index (χ2n) is 5.39. The summed E-state index contributed by atoms with van der Waals surface area (Å²) in [6.07, 6.45) is 2.38. The molecule has 2 heterocycles. The van der Waals surface area contributed by atoms with Crippen LogP contribution in [0.2, 0.25) is 0 Å². The molecule has 0 spiro atoms. The van der Waals surface area contributed by atoms with Gasteiger partial charge in [0.1, 0.15) is 0 Å². The predicted molar refractivity (Wildman–Crippen MR) is 79.7 cm³/mol. The van der Waals surface area contributed by atoms with E-state index in [0.29, 0.717) is 26.1 Å². The highest BCUT2D eigenvalue weighted by atomic mass is 16.2. The summed E-state index contributed by atoms with van der Waals surface area (Å²) in [4.78, 5) is 33.8. The maximum absolute atomic E-state index is 12.2. The smallest absolute Gasteiger partial charge is 0.312 e. The van der Waals surface area contributed by atoms with Crippen LogP contribution < -0.4 is 0 Å². The molecule has 1 fully saturated rings. The second-order valence-corrected chi connectivity index (χ2v) is 5.39. The summed E-state index contributed by atoms with van der Waals surface area (Å²) in [5.74, 6) is -0.831. The minimum absolute atomic E-state index is 0.397. The number of carbonyl (C=O) groups excluding carboxylic acids is 2. The van der Waals surface area contributed by atoms with Crippen molar-refractivity contribution in [2.75, 3.05) is 46.8 Å². The van der Waals surface area contributed by atoms with Gasteiger partial charge in [-0.15, -0.1) is 0 Å². The molecular formula is C15H22N4O2. The molecule has 2 amide bonds. The fraction of sp³-hybridized carbons (Fsp3) is 0.533. The van der Waals surface area contributed by atoms with Crippen LogP contribution in [0.15, 0.2) is 24.4 Å².